The Morgan fingerprint density at radius 3 is 2.58 bits per heavy atom. The van der Waals surface area contributed by atoms with Crippen molar-refractivity contribution in [2.24, 2.45) is 0 Å². The molecule has 0 amide bonds. The molecule has 0 saturated carbocycles. The number of aliphatic hydroxyl groups excluding tert-OH is 1. The van der Waals surface area contributed by atoms with Crippen LogP contribution < -0.4 is 14.2 Å². The number of nitrogens with zero attached hydrogens (tertiary/aromatic N) is 3. The first-order chi connectivity index (χ1) is 17.6. The van der Waals surface area contributed by atoms with Gasteiger partial charge in [0.2, 0.25) is 5.89 Å². The van der Waals surface area contributed by atoms with Gasteiger partial charge in [0, 0.05) is 19.5 Å². The van der Waals surface area contributed by atoms with E-state index in [-0.39, 0.29) is 24.5 Å². The summed E-state index contributed by atoms with van der Waals surface area (Å²) in [6.45, 7) is 5.57. The molecule has 0 radical (unpaired) electrons. The van der Waals surface area contributed by atoms with Crippen LogP contribution in [0.2, 0.25) is 0 Å². The maximum atomic E-state index is 10.7. The Labute approximate surface area is 226 Å². The number of β-amino-alcohol motifs (C(OH)–C–C–N with tert-alkyl or cyclic N) is 1. The van der Waals surface area contributed by atoms with Gasteiger partial charge in [-0.15, -0.1) is 22.6 Å². The number of fused-ring (bicyclic) bond motifs is 2. The zero-order valence-electron chi connectivity index (χ0n) is 21.1. The lowest BCUT2D eigenvalue weighted by atomic mass is 9.89. The van der Waals surface area contributed by atoms with Crippen LogP contribution in [0.15, 0.2) is 51.3 Å². The number of benzene rings is 2. The highest BCUT2D eigenvalue weighted by atomic mass is 35.5. The third-order valence-corrected chi connectivity index (χ3v) is 6.78. The lowest BCUT2D eigenvalue weighted by Crippen LogP contribution is -2.40. The number of hydrogen-bond acceptors (Lipinski definition) is 9. The SMILES string of the molecule is Cc1nnc(-c2cc3c(OC[C@@H](O)CN4CCC(c5ccc6c(c5)OCCO6)CC4)cccc3o2)o1.Cl.O. The molecule has 10 nitrogen and oxygen atoms in total. The molecular formula is C27H32ClN3O7. The molecule has 2 aliphatic heterocycles. The minimum Gasteiger partial charge on any atom is -0.490 e. The third-order valence-electron chi connectivity index (χ3n) is 6.78. The van der Waals surface area contributed by atoms with Crippen molar-refractivity contribution in [1.82, 2.24) is 15.1 Å². The lowest BCUT2D eigenvalue weighted by Gasteiger charge is -2.33. The lowest BCUT2D eigenvalue weighted by molar-refractivity contribution is 0.0599. The number of aliphatic hydroxyl groups is 1. The Kier molecular flexibility index (Phi) is 8.78. The first-order valence-electron chi connectivity index (χ1n) is 12.4. The Morgan fingerprint density at radius 2 is 1.82 bits per heavy atom. The predicted molar refractivity (Wildman–Crippen MR) is 142 cm³/mol. The molecule has 1 fully saturated rings. The molecule has 4 aromatic rings. The quantitative estimate of drug-likeness (QED) is 0.368. The summed E-state index contributed by atoms with van der Waals surface area (Å²) in [4.78, 5) is 2.30. The number of halogens is 1. The Hall–Kier alpha value is -3.31. The van der Waals surface area contributed by atoms with E-state index < -0.39 is 6.10 Å². The van der Waals surface area contributed by atoms with Crippen molar-refractivity contribution in [2.75, 3.05) is 39.5 Å². The number of ether oxygens (including phenoxy) is 3. The van der Waals surface area contributed by atoms with Gasteiger partial charge >= 0.3 is 0 Å². The number of rotatable bonds is 7. The average molecular weight is 546 g/mol. The van der Waals surface area contributed by atoms with Gasteiger partial charge in [0.15, 0.2) is 17.3 Å². The molecule has 38 heavy (non-hydrogen) atoms. The zero-order chi connectivity index (χ0) is 24.5. The van der Waals surface area contributed by atoms with E-state index in [1.54, 1.807) is 6.92 Å². The van der Waals surface area contributed by atoms with Crippen LogP contribution in [0.5, 0.6) is 17.2 Å². The summed E-state index contributed by atoms with van der Waals surface area (Å²) in [7, 11) is 0. The summed E-state index contributed by atoms with van der Waals surface area (Å²) in [6, 6.07) is 13.7. The monoisotopic (exact) mass is 545 g/mol. The molecule has 1 atom stereocenters. The molecule has 0 aliphatic carbocycles. The van der Waals surface area contributed by atoms with Crippen molar-refractivity contribution in [1.29, 1.82) is 0 Å². The minimum atomic E-state index is -0.601. The number of likely N-dealkylation sites (tertiary alicyclic amines) is 1. The van der Waals surface area contributed by atoms with Crippen LogP contribution in [0.1, 0.15) is 30.2 Å². The van der Waals surface area contributed by atoms with E-state index in [0.29, 0.717) is 54.6 Å². The summed E-state index contributed by atoms with van der Waals surface area (Å²) >= 11 is 0. The van der Waals surface area contributed by atoms with Crippen molar-refractivity contribution < 1.29 is 33.6 Å². The van der Waals surface area contributed by atoms with Gasteiger partial charge in [-0.3, -0.25) is 0 Å². The molecule has 0 unspecified atom stereocenters. The molecule has 4 heterocycles. The summed E-state index contributed by atoms with van der Waals surface area (Å²) in [6.07, 6.45) is 1.48. The molecule has 1 saturated heterocycles. The predicted octanol–water partition coefficient (Wildman–Crippen LogP) is 3.78. The fraction of sp³-hybridized carbons (Fsp3) is 0.407. The van der Waals surface area contributed by atoms with Crippen LogP contribution in [0.4, 0.5) is 0 Å². The van der Waals surface area contributed by atoms with E-state index in [1.807, 2.05) is 30.3 Å². The molecule has 3 N–H and O–H groups in total. The molecule has 11 heteroatoms. The van der Waals surface area contributed by atoms with E-state index in [4.69, 9.17) is 23.0 Å². The Morgan fingerprint density at radius 1 is 1.03 bits per heavy atom. The summed E-state index contributed by atoms with van der Waals surface area (Å²) in [5.41, 5.74) is 1.96. The number of piperidine rings is 1. The fourth-order valence-corrected chi connectivity index (χ4v) is 4.96. The van der Waals surface area contributed by atoms with E-state index in [9.17, 15) is 5.11 Å². The number of hydrogen-bond donors (Lipinski definition) is 1. The highest BCUT2D eigenvalue weighted by Gasteiger charge is 2.24. The molecule has 2 aromatic carbocycles. The second-order valence-corrected chi connectivity index (χ2v) is 9.35. The highest BCUT2D eigenvalue weighted by Crippen LogP contribution is 2.36. The van der Waals surface area contributed by atoms with Crippen LogP contribution in [-0.2, 0) is 0 Å². The fourth-order valence-electron chi connectivity index (χ4n) is 4.96. The van der Waals surface area contributed by atoms with Gasteiger partial charge in [-0.2, -0.15) is 0 Å². The highest BCUT2D eigenvalue weighted by molar-refractivity contribution is 5.87. The van der Waals surface area contributed by atoms with Gasteiger partial charge in [-0.05, 0) is 61.7 Å². The maximum Gasteiger partial charge on any atom is 0.283 e. The molecule has 0 bridgehead atoms. The summed E-state index contributed by atoms with van der Waals surface area (Å²) in [5.74, 6) is 4.10. The zero-order valence-corrected chi connectivity index (χ0v) is 21.9. The Balaban J connectivity index is 0.00000168. The number of furan rings is 1. The first-order valence-corrected chi connectivity index (χ1v) is 12.4. The van der Waals surface area contributed by atoms with Gasteiger partial charge in [-0.1, -0.05) is 12.1 Å². The van der Waals surface area contributed by atoms with Crippen molar-refractivity contribution >= 4 is 23.4 Å². The van der Waals surface area contributed by atoms with Gasteiger partial charge < -0.3 is 38.5 Å². The number of aryl methyl sites for hydroxylation is 1. The van der Waals surface area contributed by atoms with Crippen LogP contribution in [0, 0.1) is 6.92 Å². The van der Waals surface area contributed by atoms with Gasteiger partial charge in [0.05, 0.1) is 5.39 Å². The van der Waals surface area contributed by atoms with Gasteiger partial charge in [0.1, 0.15) is 37.3 Å². The number of aromatic nitrogens is 2. The molecular weight excluding hydrogens is 514 g/mol. The topological polar surface area (TPSA) is 135 Å². The second-order valence-electron chi connectivity index (χ2n) is 9.35. The molecule has 2 aromatic heterocycles. The summed E-state index contributed by atoms with van der Waals surface area (Å²) in [5, 5.41) is 19.4. The maximum absolute atomic E-state index is 10.7. The minimum absolute atomic E-state index is 0. The Bertz CT molecular complexity index is 1350. The van der Waals surface area contributed by atoms with Gasteiger partial charge in [0.25, 0.3) is 5.89 Å². The standard InChI is InChI=1S/C27H29N3O6.ClH.H2O/c1-17-28-29-27(35-17)26-14-21-22(3-2-4-23(21)36-26)34-16-20(31)15-30-9-7-18(8-10-30)19-5-6-24-25(13-19)33-12-11-32-24;;/h2-6,13-14,18,20,31H,7-12,15-16H2,1H3;1H;1H2/t20-;;/m0../s1. The first kappa shape index (κ1) is 27.7. The smallest absolute Gasteiger partial charge is 0.283 e. The molecule has 2 aliphatic rings. The van der Waals surface area contributed by atoms with E-state index in [0.717, 1.165) is 42.8 Å². The van der Waals surface area contributed by atoms with Crippen molar-refractivity contribution in [3.8, 4) is 28.9 Å². The van der Waals surface area contributed by atoms with E-state index in [2.05, 4.69) is 27.2 Å². The van der Waals surface area contributed by atoms with Gasteiger partial charge in [-0.25, -0.2) is 0 Å². The molecule has 6 rings (SSSR count). The second kappa shape index (κ2) is 12.0. The summed E-state index contributed by atoms with van der Waals surface area (Å²) < 4.78 is 28.7. The van der Waals surface area contributed by atoms with E-state index >= 15 is 0 Å². The van der Waals surface area contributed by atoms with Crippen LogP contribution >= 0.6 is 12.4 Å². The van der Waals surface area contributed by atoms with Crippen LogP contribution in [-0.4, -0.2) is 71.2 Å². The average Bonchev–Trinajstić information content (AvgIpc) is 3.54. The molecule has 204 valence electrons. The van der Waals surface area contributed by atoms with Crippen molar-refractivity contribution in [3.63, 3.8) is 0 Å². The van der Waals surface area contributed by atoms with Crippen molar-refractivity contribution in [2.45, 2.75) is 31.8 Å². The van der Waals surface area contributed by atoms with Crippen LogP contribution in [0.3, 0.4) is 0 Å². The largest absolute Gasteiger partial charge is 0.490 e. The van der Waals surface area contributed by atoms with Crippen molar-refractivity contribution in [3.05, 3.63) is 53.9 Å². The van der Waals surface area contributed by atoms with E-state index in [1.165, 1.54) is 5.56 Å². The van der Waals surface area contributed by atoms with Crippen LogP contribution in [0.25, 0.3) is 22.6 Å². The normalized spacial score (nSPS) is 16.5. The third kappa shape index (κ3) is 5.88. The molecule has 0 spiro atoms.